The van der Waals surface area contributed by atoms with Crippen molar-refractivity contribution in [3.63, 3.8) is 0 Å². The van der Waals surface area contributed by atoms with Gasteiger partial charge in [-0.3, -0.25) is 14.9 Å². The van der Waals surface area contributed by atoms with E-state index in [1.54, 1.807) is 23.4 Å². The summed E-state index contributed by atoms with van der Waals surface area (Å²) in [5, 5.41) is 2.67. The van der Waals surface area contributed by atoms with Gasteiger partial charge in [0.15, 0.2) is 0 Å². The van der Waals surface area contributed by atoms with Gasteiger partial charge in [0, 0.05) is 25.4 Å². The average molecular weight is 296 g/mol. The van der Waals surface area contributed by atoms with E-state index in [2.05, 4.69) is 15.3 Å². The van der Waals surface area contributed by atoms with Crippen LogP contribution < -0.4 is 5.32 Å². The number of carbonyl (C=O) groups excluding carboxylic acids is 2. The van der Waals surface area contributed by atoms with Gasteiger partial charge >= 0.3 is 0 Å². The van der Waals surface area contributed by atoms with Gasteiger partial charge in [-0.1, -0.05) is 30.3 Å². The van der Waals surface area contributed by atoms with Crippen molar-refractivity contribution < 1.29 is 9.59 Å². The lowest BCUT2D eigenvalue weighted by atomic mass is 10.1. The van der Waals surface area contributed by atoms with E-state index in [0.29, 0.717) is 19.4 Å². The molecule has 1 aromatic carbocycles. The number of rotatable bonds is 4. The zero-order valence-corrected chi connectivity index (χ0v) is 12.0. The van der Waals surface area contributed by atoms with E-state index in [4.69, 9.17) is 0 Å². The number of benzene rings is 1. The van der Waals surface area contributed by atoms with Crippen LogP contribution in [0, 0.1) is 0 Å². The number of nitrogens with one attached hydrogen (secondary N) is 1. The van der Waals surface area contributed by atoms with Crippen LogP contribution in [0.25, 0.3) is 0 Å². The van der Waals surface area contributed by atoms with E-state index in [1.807, 2.05) is 30.3 Å². The van der Waals surface area contributed by atoms with Gasteiger partial charge in [-0.2, -0.15) is 0 Å². The van der Waals surface area contributed by atoms with Gasteiger partial charge in [-0.25, -0.2) is 9.97 Å². The molecule has 1 saturated heterocycles. The highest BCUT2D eigenvalue weighted by molar-refractivity contribution is 5.97. The number of amides is 2. The second-order valence-electron chi connectivity index (χ2n) is 5.12. The van der Waals surface area contributed by atoms with Crippen molar-refractivity contribution >= 4 is 17.8 Å². The number of carbonyl (C=O) groups is 2. The number of hydrogen-bond donors (Lipinski definition) is 1. The normalized spacial score (nSPS) is 17.5. The molecule has 1 aliphatic heterocycles. The zero-order valence-electron chi connectivity index (χ0n) is 12.0. The first-order valence-corrected chi connectivity index (χ1v) is 7.15. The van der Waals surface area contributed by atoms with Crippen molar-refractivity contribution in [2.45, 2.75) is 25.4 Å². The van der Waals surface area contributed by atoms with Crippen LogP contribution in [0.2, 0.25) is 0 Å². The summed E-state index contributed by atoms with van der Waals surface area (Å²) in [6, 6.07) is 10.9. The van der Waals surface area contributed by atoms with Gasteiger partial charge in [0.25, 0.3) is 0 Å². The quantitative estimate of drug-likeness (QED) is 0.930. The zero-order chi connectivity index (χ0) is 15.4. The lowest BCUT2D eigenvalue weighted by Crippen LogP contribution is -2.41. The highest BCUT2D eigenvalue weighted by Crippen LogP contribution is 2.22. The van der Waals surface area contributed by atoms with Crippen molar-refractivity contribution in [1.82, 2.24) is 14.9 Å². The Kier molecular flexibility index (Phi) is 4.09. The third-order valence-corrected chi connectivity index (χ3v) is 3.63. The molecule has 0 saturated carbocycles. The summed E-state index contributed by atoms with van der Waals surface area (Å²) in [6.07, 6.45) is 4.03. The molecule has 1 aromatic heterocycles. The molecule has 2 amide bonds. The van der Waals surface area contributed by atoms with Gasteiger partial charge in [-0.15, -0.1) is 0 Å². The van der Waals surface area contributed by atoms with Crippen LogP contribution in [0.1, 0.15) is 18.4 Å². The van der Waals surface area contributed by atoms with Crippen LogP contribution in [-0.4, -0.2) is 32.7 Å². The summed E-state index contributed by atoms with van der Waals surface area (Å²) in [4.78, 5) is 34.0. The Balaban J connectivity index is 1.71. The van der Waals surface area contributed by atoms with E-state index in [9.17, 15) is 9.59 Å². The first kappa shape index (κ1) is 14.2. The van der Waals surface area contributed by atoms with Crippen LogP contribution in [0.5, 0.6) is 0 Å². The molecule has 112 valence electrons. The molecule has 1 unspecified atom stereocenters. The molecule has 0 radical (unpaired) electrons. The van der Waals surface area contributed by atoms with Crippen LogP contribution in [0.15, 0.2) is 48.8 Å². The molecule has 0 spiro atoms. The highest BCUT2D eigenvalue weighted by Gasteiger charge is 2.36. The monoisotopic (exact) mass is 296 g/mol. The predicted octanol–water partition coefficient (Wildman–Crippen LogP) is 1.61. The SMILES string of the molecule is O=C(Nc1ncccn1)C1CCC(=O)N1Cc1ccccc1. The Labute approximate surface area is 128 Å². The van der Waals surface area contributed by atoms with E-state index in [1.165, 1.54) is 0 Å². The van der Waals surface area contributed by atoms with E-state index in [-0.39, 0.29) is 17.8 Å². The predicted molar refractivity (Wildman–Crippen MR) is 80.7 cm³/mol. The summed E-state index contributed by atoms with van der Waals surface area (Å²) in [6.45, 7) is 0.438. The molecular formula is C16H16N4O2. The molecule has 6 nitrogen and oxygen atoms in total. The fourth-order valence-corrected chi connectivity index (χ4v) is 2.54. The van der Waals surface area contributed by atoms with E-state index >= 15 is 0 Å². The topological polar surface area (TPSA) is 75.2 Å². The summed E-state index contributed by atoms with van der Waals surface area (Å²) < 4.78 is 0. The molecule has 0 bridgehead atoms. The average Bonchev–Trinajstić information content (AvgIpc) is 2.90. The molecule has 3 rings (SSSR count). The molecule has 22 heavy (non-hydrogen) atoms. The van der Waals surface area contributed by atoms with Crippen molar-refractivity contribution in [3.8, 4) is 0 Å². The molecule has 1 atom stereocenters. The molecule has 1 aliphatic rings. The molecular weight excluding hydrogens is 280 g/mol. The second-order valence-corrected chi connectivity index (χ2v) is 5.12. The van der Waals surface area contributed by atoms with Gasteiger partial charge in [-0.05, 0) is 18.1 Å². The number of nitrogens with zero attached hydrogens (tertiary/aromatic N) is 3. The first-order valence-electron chi connectivity index (χ1n) is 7.15. The fourth-order valence-electron chi connectivity index (χ4n) is 2.54. The van der Waals surface area contributed by atoms with Gasteiger partial charge < -0.3 is 4.90 Å². The Morgan fingerprint density at radius 2 is 1.91 bits per heavy atom. The number of likely N-dealkylation sites (tertiary alicyclic amines) is 1. The van der Waals surface area contributed by atoms with Crippen LogP contribution >= 0.6 is 0 Å². The van der Waals surface area contributed by atoms with Crippen LogP contribution in [-0.2, 0) is 16.1 Å². The summed E-state index contributed by atoms with van der Waals surface area (Å²) in [5.41, 5.74) is 1.01. The largest absolute Gasteiger partial charge is 0.326 e. The molecule has 6 heteroatoms. The summed E-state index contributed by atoms with van der Waals surface area (Å²) in [7, 11) is 0. The van der Waals surface area contributed by atoms with Crippen molar-refractivity contribution in [2.75, 3.05) is 5.32 Å². The number of hydrogen-bond acceptors (Lipinski definition) is 4. The van der Waals surface area contributed by atoms with Gasteiger partial charge in [0.05, 0.1) is 0 Å². The first-order chi connectivity index (χ1) is 10.7. The molecule has 1 fully saturated rings. The molecule has 2 aromatic rings. The Morgan fingerprint density at radius 3 is 2.64 bits per heavy atom. The molecule has 1 N–H and O–H groups in total. The lowest BCUT2D eigenvalue weighted by molar-refractivity contribution is -0.133. The minimum absolute atomic E-state index is 0.00187. The van der Waals surface area contributed by atoms with Gasteiger partial charge in [0.2, 0.25) is 17.8 Å². The van der Waals surface area contributed by atoms with E-state index < -0.39 is 6.04 Å². The minimum atomic E-state index is -0.475. The summed E-state index contributed by atoms with van der Waals surface area (Å²) >= 11 is 0. The smallest absolute Gasteiger partial charge is 0.249 e. The maximum absolute atomic E-state index is 12.4. The Morgan fingerprint density at radius 1 is 1.18 bits per heavy atom. The van der Waals surface area contributed by atoms with Crippen molar-refractivity contribution in [2.24, 2.45) is 0 Å². The standard InChI is InChI=1S/C16H16N4O2/c21-14-8-7-13(15(22)19-16-17-9-4-10-18-16)20(14)11-12-5-2-1-3-6-12/h1-6,9-10,13H,7-8,11H2,(H,17,18,19,22). The van der Waals surface area contributed by atoms with Crippen LogP contribution in [0.4, 0.5) is 5.95 Å². The minimum Gasteiger partial charge on any atom is -0.326 e. The molecule has 0 aliphatic carbocycles. The number of aromatic nitrogens is 2. The maximum Gasteiger partial charge on any atom is 0.249 e. The van der Waals surface area contributed by atoms with Gasteiger partial charge in [0.1, 0.15) is 6.04 Å². The fraction of sp³-hybridized carbons (Fsp3) is 0.250. The highest BCUT2D eigenvalue weighted by atomic mass is 16.2. The summed E-state index contributed by atoms with van der Waals surface area (Å²) in [5.74, 6) is 0.0116. The number of anilines is 1. The second kappa shape index (κ2) is 6.34. The third-order valence-electron chi connectivity index (χ3n) is 3.63. The Bertz CT molecular complexity index is 660. The Hall–Kier alpha value is -2.76. The third kappa shape index (κ3) is 3.11. The lowest BCUT2D eigenvalue weighted by Gasteiger charge is -2.23. The van der Waals surface area contributed by atoms with Crippen LogP contribution in [0.3, 0.4) is 0 Å². The maximum atomic E-state index is 12.4. The van der Waals surface area contributed by atoms with Crippen molar-refractivity contribution in [1.29, 1.82) is 0 Å². The van der Waals surface area contributed by atoms with E-state index in [0.717, 1.165) is 5.56 Å². The van der Waals surface area contributed by atoms with Crippen molar-refractivity contribution in [3.05, 3.63) is 54.4 Å². The molecule has 2 heterocycles.